The quantitative estimate of drug-likeness (QED) is 0.513. The number of rotatable bonds is 5. The molecular weight excluding hydrogens is 264 g/mol. The lowest BCUT2D eigenvalue weighted by molar-refractivity contribution is -0.297. The molecule has 7 nitrogen and oxygen atoms in total. The third-order valence-corrected chi connectivity index (χ3v) is 2.22. The van der Waals surface area contributed by atoms with Gasteiger partial charge in [0.25, 0.3) is 5.91 Å². The monoisotopic (exact) mass is 277 g/mol. The highest BCUT2D eigenvalue weighted by molar-refractivity contribution is 5.94. The van der Waals surface area contributed by atoms with Crippen LogP contribution in [0.15, 0.2) is 36.4 Å². The molecule has 0 atom stereocenters. The highest BCUT2D eigenvalue weighted by atomic mass is 16.5. The third kappa shape index (κ3) is 5.67. The molecule has 0 aromatic heterocycles. The zero-order chi connectivity index (χ0) is 15.0. The number of carboxylic acid groups (broad SMARTS) is 1. The van der Waals surface area contributed by atoms with Gasteiger partial charge < -0.3 is 14.6 Å². The third-order valence-electron chi connectivity index (χ3n) is 2.22. The first-order chi connectivity index (χ1) is 9.51. The minimum absolute atomic E-state index is 0.0640. The second kappa shape index (κ2) is 7.57. The van der Waals surface area contributed by atoms with Gasteiger partial charge in [0.15, 0.2) is 0 Å². The second-order valence-electron chi connectivity index (χ2n) is 3.71. The molecule has 0 saturated heterocycles. The highest BCUT2D eigenvalue weighted by Gasteiger charge is 2.04. The first-order valence-corrected chi connectivity index (χ1v) is 5.62. The van der Waals surface area contributed by atoms with Crippen molar-refractivity contribution in [3.05, 3.63) is 42.0 Å². The van der Waals surface area contributed by atoms with Crippen LogP contribution in [0.5, 0.6) is 5.75 Å². The number of nitrogens with one attached hydrogen (secondary N) is 2. The van der Waals surface area contributed by atoms with Crippen molar-refractivity contribution in [1.29, 1.82) is 0 Å². The van der Waals surface area contributed by atoms with E-state index in [-0.39, 0.29) is 6.42 Å². The fourth-order valence-corrected chi connectivity index (χ4v) is 1.29. The Balaban J connectivity index is 2.39. The lowest BCUT2D eigenvalue weighted by atomic mass is 10.1. The summed E-state index contributed by atoms with van der Waals surface area (Å²) in [5.41, 5.74) is 4.93. The van der Waals surface area contributed by atoms with Crippen LogP contribution in [0.25, 0.3) is 0 Å². The maximum absolute atomic E-state index is 11.5. The van der Waals surface area contributed by atoms with Gasteiger partial charge in [-0.15, -0.1) is 0 Å². The highest BCUT2D eigenvalue weighted by Crippen LogP contribution is 2.11. The summed E-state index contributed by atoms with van der Waals surface area (Å²) >= 11 is 0. The van der Waals surface area contributed by atoms with Gasteiger partial charge in [0.2, 0.25) is 5.91 Å². The van der Waals surface area contributed by atoms with Crippen molar-refractivity contribution in [1.82, 2.24) is 10.9 Å². The van der Waals surface area contributed by atoms with E-state index in [9.17, 15) is 19.5 Å². The largest absolute Gasteiger partial charge is 0.545 e. The van der Waals surface area contributed by atoms with Crippen molar-refractivity contribution in [2.45, 2.75) is 6.42 Å². The molecule has 0 bridgehead atoms. The summed E-state index contributed by atoms with van der Waals surface area (Å²) in [6.45, 7) is 0. The summed E-state index contributed by atoms with van der Waals surface area (Å²) in [6, 6.07) is 6.86. The molecule has 1 aromatic rings. The average Bonchev–Trinajstić information content (AvgIpc) is 2.43. The van der Waals surface area contributed by atoms with E-state index in [1.807, 2.05) is 5.43 Å². The number of carbonyl (C=O) groups is 3. The molecule has 0 fully saturated rings. The van der Waals surface area contributed by atoms with Crippen molar-refractivity contribution < 1.29 is 24.2 Å². The Morgan fingerprint density at radius 1 is 1.15 bits per heavy atom. The number of amides is 2. The Morgan fingerprint density at radius 2 is 1.80 bits per heavy atom. The molecule has 0 aliphatic heterocycles. The molecule has 0 aliphatic rings. The van der Waals surface area contributed by atoms with Crippen molar-refractivity contribution in [3.63, 3.8) is 0 Å². The first-order valence-electron chi connectivity index (χ1n) is 5.62. The van der Waals surface area contributed by atoms with E-state index in [0.717, 1.165) is 11.6 Å². The number of hydrogen-bond donors (Lipinski definition) is 2. The van der Waals surface area contributed by atoms with E-state index >= 15 is 0 Å². The number of hydrazine groups is 1. The molecule has 106 valence electrons. The summed E-state index contributed by atoms with van der Waals surface area (Å²) in [4.78, 5) is 32.6. The summed E-state index contributed by atoms with van der Waals surface area (Å²) < 4.78 is 4.98. The van der Waals surface area contributed by atoms with Gasteiger partial charge in [0.05, 0.1) is 19.5 Å². The number of carbonyl (C=O) groups excluding carboxylic acids is 3. The molecule has 7 heteroatoms. The molecule has 0 aliphatic carbocycles. The predicted molar refractivity (Wildman–Crippen MR) is 67.1 cm³/mol. The van der Waals surface area contributed by atoms with E-state index in [0.29, 0.717) is 11.8 Å². The number of hydrogen-bond acceptors (Lipinski definition) is 5. The van der Waals surface area contributed by atoms with Crippen LogP contribution in [-0.2, 0) is 20.8 Å². The Labute approximate surface area is 115 Å². The van der Waals surface area contributed by atoms with Crippen LogP contribution in [0.2, 0.25) is 0 Å². The molecular formula is C13H13N2O5-. The Kier molecular flexibility index (Phi) is 5.76. The maximum atomic E-state index is 11.5. The zero-order valence-corrected chi connectivity index (χ0v) is 10.7. The summed E-state index contributed by atoms with van der Waals surface area (Å²) in [5, 5.41) is 10.1. The standard InChI is InChI=1S/C13H14N2O5/c1-20-10-4-2-9(3-5-10)8-12(17)15-14-11(16)6-7-13(18)19/h2-7H,8H2,1H3,(H,14,16)(H,15,17)(H,18,19)/p-1/b7-6+. The van der Waals surface area contributed by atoms with Crippen molar-refractivity contribution >= 4 is 17.8 Å². The van der Waals surface area contributed by atoms with E-state index in [4.69, 9.17) is 4.74 Å². The van der Waals surface area contributed by atoms with Crippen molar-refractivity contribution in [2.75, 3.05) is 7.11 Å². The van der Waals surface area contributed by atoms with Crippen LogP contribution in [0.3, 0.4) is 0 Å². The smallest absolute Gasteiger partial charge is 0.262 e. The zero-order valence-electron chi connectivity index (χ0n) is 10.7. The minimum Gasteiger partial charge on any atom is -0.545 e. The number of benzene rings is 1. The van der Waals surface area contributed by atoms with Crippen LogP contribution in [0.1, 0.15) is 5.56 Å². The van der Waals surface area contributed by atoms with Crippen molar-refractivity contribution in [2.24, 2.45) is 0 Å². The lowest BCUT2D eigenvalue weighted by Crippen LogP contribution is -2.41. The van der Waals surface area contributed by atoms with Gasteiger partial charge in [-0.25, -0.2) is 0 Å². The van der Waals surface area contributed by atoms with Gasteiger partial charge in [0.1, 0.15) is 5.75 Å². The fourth-order valence-electron chi connectivity index (χ4n) is 1.29. The molecule has 1 rings (SSSR count). The van der Waals surface area contributed by atoms with Gasteiger partial charge in [-0.1, -0.05) is 12.1 Å². The topological polar surface area (TPSA) is 108 Å². The van der Waals surface area contributed by atoms with E-state index < -0.39 is 17.8 Å². The predicted octanol–water partition coefficient (Wildman–Crippen LogP) is -1.31. The number of carboxylic acids is 1. The van der Waals surface area contributed by atoms with Crippen LogP contribution in [-0.4, -0.2) is 24.9 Å². The van der Waals surface area contributed by atoms with E-state index in [2.05, 4.69) is 5.43 Å². The van der Waals surface area contributed by atoms with Crippen LogP contribution >= 0.6 is 0 Å². The molecule has 1 aromatic carbocycles. The van der Waals surface area contributed by atoms with Gasteiger partial charge in [-0.2, -0.15) is 0 Å². The van der Waals surface area contributed by atoms with Crippen LogP contribution < -0.4 is 20.7 Å². The summed E-state index contributed by atoms with van der Waals surface area (Å²) in [6.07, 6.45) is 1.36. The second-order valence-corrected chi connectivity index (χ2v) is 3.71. The normalized spacial score (nSPS) is 10.1. The van der Waals surface area contributed by atoms with Crippen LogP contribution in [0.4, 0.5) is 0 Å². The van der Waals surface area contributed by atoms with Gasteiger partial charge >= 0.3 is 0 Å². The molecule has 0 unspecified atom stereocenters. The van der Waals surface area contributed by atoms with Gasteiger partial charge in [-0.05, 0) is 23.8 Å². The molecule has 20 heavy (non-hydrogen) atoms. The molecule has 2 N–H and O–H groups in total. The summed E-state index contributed by atoms with van der Waals surface area (Å²) in [5.74, 6) is -2.03. The molecule has 2 amide bonds. The van der Waals surface area contributed by atoms with Crippen molar-refractivity contribution in [3.8, 4) is 5.75 Å². The summed E-state index contributed by atoms with van der Waals surface area (Å²) in [7, 11) is 1.54. The Morgan fingerprint density at radius 3 is 2.35 bits per heavy atom. The average molecular weight is 277 g/mol. The van der Waals surface area contributed by atoms with E-state index in [1.165, 1.54) is 7.11 Å². The van der Waals surface area contributed by atoms with Crippen LogP contribution in [0, 0.1) is 0 Å². The number of methoxy groups -OCH3 is 1. The number of aliphatic carboxylic acids is 1. The molecule has 0 radical (unpaired) electrons. The molecule has 0 spiro atoms. The van der Waals surface area contributed by atoms with Gasteiger partial charge in [-0.3, -0.25) is 20.4 Å². The molecule has 0 saturated carbocycles. The fraction of sp³-hybridized carbons (Fsp3) is 0.154. The lowest BCUT2D eigenvalue weighted by Gasteiger charge is -2.06. The SMILES string of the molecule is COc1ccc(CC(=O)NNC(=O)/C=C/C(=O)[O-])cc1. The molecule has 0 heterocycles. The minimum atomic E-state index is -1.50. The first kappa shape index (κ1) is 15.2. The van der Waals surface area contributed by atoms with E-state index in [1.54, 1.807) is 24.3 Å². The Hall–Kier alpha value is -2.83. The Bertz CT molecular complexity index is 522. The maximum Gasteiger partial charge on any atom is 0.262 e. The van der Waals surface area contributed by atoms with Gasteiger partial charge in [0, 0.05) is 6.08 Å². The number of ether oxygens (including phenoxy) is 1.